The van der Waals surface area contributed by atoms with Crippen LogP contribution in [0.4, 0.5) is 9.18 Å². The molecule has 2 heterocycles. The maximum Gasteiger partial charge on any atom is 0.293 e. The van der Waals surface area contributed by atoms with Gasteiger partial charge in [0.25, 0.3) is 11.1 Å². The molecular weight excluding hydrogens is 439 g/mol. The number of amides is 2. The number of benzene rings is 2. The number of hydrogen-bond acceptors (Lipinski definition) is 4. The van der Waals surface area contributed by atoms with Crippen molar-refractivity contribution in [1.82, 2.24) is 9.47 Å². The highest BCUT2D eigenvalue weighted by Gasteiger charge is 2.36. The third-order valence-electron chi connectivity index (χ3n) is 5.12. The fraction of sp³-hybridized carbons (Fsp3) is 0.130. The third-order valence-corrected chi connectivity index (χ3v) is 6.38. The highest BCUT2D eigenvalue weighted by molar-refractivity contribution is 8.18. The molecule has 158 valence electrons. The fourth-order valence-electron chi connectivity index (χ4n) is 3.55. The number of thioether (sulfide) groups is 1. The molecule has 1 saturated heterocycles. The van der Waals surface area contributed by atoms with Crippen LogP contribution in [0.5, 0.6) is 5.75 Å². The molecule has 0 unspecified atom stereocenters. The van der Waals surface area contributed by atoms with Gasteiger partial charge in [-0.05, 0) is 79.7 Å². The molecule has 4 rings (SSSR count). The van der Waals surface area contributed by atoms with Gasteiger partial charge in [0.2, 0.25) is 0 Å². The van der Waals surface area contributed by atoms with Crippen LogP contribution in [0.2, 0.25) is 5.02 Å². The number of carbonyl (C=O) groups is 2. The van der Waals surface area contributed by atoms with E-state index in [4.69, 9.17) is 11.6 Å². The number of rotatable bonds is 4. The Morgan fingerprint density at radius 3 is 2.52 bits per heavy atom. The Bertz CT molecular complexity index is 1210. The summed E-state index contributed by atoms with van der Waals surface area (Å²) >= 11 is 6.87. The first-order valence-electron chi connectivity index (χ1n) is 9.43. The van der Waals surface area contributed by atoms with Gasteiger partial charge in [-0.2, -0.15) is 0 Å². The topological polar surface area (TPSA) is 62.5 Å². The summed E-state index contributed by atoms with van der Waals surface area (Å²) in [6.45, 7) is 3.62. The molecule has 0 atom stereocenters. The molecule has 2 aromatic carbocycles. The van der Waals surface area contributed by atoms with Crippen molar-refractivity contribution in [3.63, 3.8) is 0 Å². The van der Waals surface area contributed by atoms with E-state index in [1.807, 2.05) is 24.5 Å². The number of nitrogens with zero attached hydrogens (tertiary/aromatic N) is 2. The number of halogens is 2. The van der Waals surface area contributed by atoms with Crippen molar-refractivity contribution >= 4 is 40.6 Å². The minimum absolute atomic E-state index is 0.109. The number of aryl methyl sites for hydroxylation is 1. The lowest BCUT2D eigenvalue weighted by Gasteiger charge is -2.14. The van der Waals surface area contributed by atoms with E-state index >= 15 is 0 Å². The molecule has 1 aromatic heterocycles. The lowest BCUT2D eigenvalue weighted by molar-refractivity contribution is -0.123. The summed E-state index contributed by atoms with van der Waals surface area (Å²) in [5, 5.41) is 9.23. The van der Waals surface area contributed by atoms with Crippen LogP contribution in [0.15, 0.2) is 53.4 Å². The molecule has 3 aromatic rings. The number of hydrogen-bond donors (Lipinski definition) is 1. The molecule has 31 heavy (non-hydrogen) atoms. The van der Waals surface area contributed by atoms with E-state index in [2.05, 4.69) is 0 Å². The van der Waals surface area contributed by atoms with Crippen LogP contribution in [0.3, 0.4) is 0 Å². The largest absolute Gasteiger partial charge is 0.508 e. The predicted octanol–water partition coefficient (Wildman–Crippen LogP) is 5.83. The first-order valence-corrected chi connectivity index (χ1v) is 10.6. The van der Waals surface area contributed by atoms with Crippen LogP contribution in [0.25, 0.3) is 11.8 Å². The quantitative estimate of drug-likeness (QED) is 0.502. The number of aromatic nitrogens is 1. The number of phenols is 1. The van der Waals surface area contributed by atoms with Crippen molar-refractivity contribution in [1.29, 1.82) is 0 Å². The fourth-order valence-corrected chi connectivity index (χ4v) is 4.60. The maximum absolute atomic E-state index is 14.1. The minimum Gasteiger partial charge on any atom is -0.508 e. The number of aromatic hydroxyl groups is 1. The average Bonchev–Trinajstić information content (AvgIpc) is 3.15. The predicted molar refractivity (Wildman–Crippen MR) is 120 cm³/mol. The molecule has 0 aliphatic carbocycles. The SMILES string of the molecule is Cc1cc(/C=C2\SC(=O)N(Cc3c(F)cccc3Cl)C2=O)c(C)n1-c1ccc(O)cc1. The number of phenolic OH excluding ortho intramolecular Hbond substituents is 1. The second kappa shape index (κ2) is 8.24. The van der Waals surface area contributed by atoms with E-state index in [0.29, 0.717) is 0 Å². The molecular formula is C23H18ClFN2O3S. The Labute approximate surface area is 187 Å². The van der Waals surface area contributed by atoms with E-state index in [-0.39, 0.29) is 27.8 Å². The molecule has 8 heteroatoms. The Morgan fingerprint density at radius 1 is 1.13 bits per heavy atom. The molecule has 5 nitrogen and oxygen atoms in total. The van der Waals surface area contributed by atoms with Crippen molar-refractivity contribution in [2.45, 2.75) is 20.4 Å². The van der Waals surface area contributed by atoms with Crippen LogP contribution < -0.4 is 0 Å². The molecule has 1 N–H and O–H groups in total. The molecule has 1 aliphatic rings. The zero-order chi connectivity index (χ0) is 22.3. The van der Waals surface area contributed by atoms with E-state index < -0.39 is 17.0 Å². The van der Waals surface area contributed by atoms with Crippen LogP contribution in [0, 0.1) is 19.7 Å². The molecule has 1 aliphatic heterocycles. The van der Waals surface area contributed by atoms with Gasteiger partial charge in [-0.15, -0.1) is 0 Å². The Balaban J connectivity index is 1.64. The Hall–Kier alpha value is -3.03. The highest BCUT2D eigenvalue weighted by atomic mass is 35.5. The Kier molecular flexibility index (Phi) is 5.64. The van der Waals surface area contributed by atoms with Gasteiger partial charge in [0.05, 0.1) is 11.4 Å². The minimum atomic E-state index is -0.562. The summed E-state index contributed by atoms with van der Waals surface area (Å²) in [6, 6.07) is 13.0. The van der Waals surface area contributed by atoms with Gasteiger partial charge in [0.1, 0.15) is 11.6 Å². The lowest BCUT2D eigenvalue weighted by atomic mass is 10.2. The van der Waals surface area contributed by atoms with Crippen LogP contribution >= 0.6 is 23.4 Å². The maximum atomic E-state index is 14.1. The monoisotopic (exact) mass is 456 g/mol. The zero-order valence-electron chi connectivity index (χ0n) is 16.7. The van der Waals surface area contributed by atoms with Gasteiger partial charge in [-0.25, -0.2) is 4.39 Å². The normalized spacial score (nSPS) is 15.4. The van der Waals surface area contributed by atoms with Crippen LogP contribution in [-0.4, -0.2) is 25.7 Å². The van der Waals surface area contributed by atoms with E-state index in [0.717, 1.165) is 39.3 Å². The molecule has 0 saturated carbocycles. The second-order valence-electron chi connectivity index (χ2n) is 7.15. The van der Waals surface area contributed by atoms with Gasteiger partial charge >= 0.3 is 0 Å². The molecule has 0 spiro atoms. The van der Waals surface area contributed by atoms with Gasteiger partial charge in [-0.3, -0.25) is 14.5 Å². The standard InChI is InChI=1S/C23H18ClFN2O3S/c1-13-10-15(14(2)27(13)16-6-8-17(28)9-7-16)11-21-22(29)26(23(30)31-21)12-18-19(24)4-3-5-20(18)25/h3-11,28H,12H2,1-2H3/b21-11-. The second-order valence-corrected chi connectivity index (χ2v) is 8.55. The summed E-state index contributed by atoms with van der Waals surface area (Å²) < 4.78 is 16.1. The third kappa shape index (κ3) is 3.98. The van der Waals surface area contributed by atoms with Gasteiger partial charge in [0.15, 0.2) is 0 Å². The van der Waals surface area contributed by atoms with Crippen molar-refractivity contribution in [3.8, 4) is 11.4 Å². The average molecular weight is 457 g/mol. The van der Waals surface area contributed by atoms with Gasteiger partial charge in [0, 0.05) is 27.7 Å². The van der Waals surface area contributed by atoms with Gasteiger partial charge in [-0.1, -0.05) is 17.7 Å². The molecule has 2 amide bonds. The zero-order valence-corrected chi connectivity index (χ0v) is 18.3. The van der Waals surface area contributed by atoms with E-state index in [1.54, 1.807) is 30.3 Å². The molecule has 0 bridgehead atoms. The number of imide groups is 1. The summed E-state index contributed by atoms with van der Waals surface area (Å²) in [5.41, 5.74) is 3.59. The lowest BCUT2D eigenvalue weighted by Crippen LogP contribution is -2.28. The van der Waals surface area contributed by atoms with Crippen molar-refractivity contribution in [2.24, 2.45) is 0 Å². The van der Waals surface area contributed by atoms with Crippen LogP contribution in [0.1, 0.15) is 22.5 Å². The van der Waals surface area contributed by atoms with Crippen LogP contribution in [-0.2, 0) is 11.3 Å². The number of carbonyl (C=O) groups excluding carboxylic acids is 2. The first kappa shape index (κ1) is 21.2. The molecule has 0 radical (unpaired) electrons. The van der Waals surface area contributed by atoms with Crippen molar-refractivity contribution < 1.29 is 19.1 Å². The smallest absolute Gasteiger partial charge is 0.293 e. The molecule has 1 fully saturated rings. The highest BCUT2D eigenvalue weighted by Crippen LogP contribution is 2.35. The summed E-state index contributed by atoms with van der Waals surface area (Å²) in [5.74, 6) is -0.869. The Morgan fingerprint density at radius 2 is 1.84 bits per heavy atom. The van der Waals surface area contributed by atoms with E-state index in [9.17, 15) is 19.1 Å². The van der Waals surface area contributed by atoms with Crippen molar-refractivity contribution in [2.75, 3.05) is 0 Å². The first-order chi connectivity index (χ1) is 14.8. The summed E-state index contributed by atoms with van der Waals surface area (Å²) in [4.78, 5) is 26.6. The van der Waals surface area contributed by atoms with E-state index in [1.165, 1.54) is 18.2 Å². The summed E-state index contributed by atoms with van der Waals surface area (Å²) in [6.07, 6.45) is 1.67. The summed E-state index contributed by atoms with van der Waals surface area (Å²) in [7, 11) is 0. The van der Waals surface area contributed by atoms with Gasteiger partial charge < -0.3 is 9.67 Å². The van der Waals surface area contributed by atoms with Crippen molar-refractivity contribution in [3.05, 3.63) is 86.8 Å².